The van der Waals surface area contributed by atoms with Crippen LogP contribution in [0.2, 0.25) is 0 Å². The Kier molecular flexibility index (Phi) is 4.58. The predicted molar refractivity (Wildman–Crippen MR) is 81.9 cm³/mol. The summed E-state index contributed by atoms with van der Waals surface area (Å²) in [4.78, 5) is 4.23. The van der Waals surface area contributed by atoms with Crippen molar-refractivity contribution in [3.05, 3.63) is 29.6 Å². The Morgan fingerprint density at radius 2 is 2.30 bits per heavy atom. The molecule has 0 fully saturated rings. The molecule has 0 aliphatic heterocycles. The van der Waals surface area contributed by atoms with Gasteiger partial charge in [0, 0.05) is 34.8 Å². The molecule has 0 unspecified atom stereocenters. The molecule has 5 heteroatoms. The van der Waals surface area contributed by atoms with E-state index in [-0.39, 0.29) is 5.54 Å². The number of thiophene rings is 1. The maximum atomic E-state index is 9.10. The van der Waals surface area contributed by atoms with Gasteiger partial charge >= 0.3 is 0 Å². The van der Waals surface area contributed by atoms with E-state index in [1.165, 1.54) is 11.3 Å². The van der Waals surface area contributed by atoms with Gasteiger partial charge in [0.25, 0.3) is 0 Å². The van der Waals surface area contributed by atoms with Gasteiger partial charge in [0.2, 0.25) is 5.88 Å². The fraction of sp³-hybridized carbons (Fsp3) is 0.400. The molecule has 2 aromatic rings. The van der Waals surface area contributed by atoms with Gasteiger partial charge in [0.15, 0.2) is 0 Å². The highest BCUT2D eigenvalue weighted by molar-refractivity contribution is 7.17. The first-order valence-electron chi connectivity index (χ1n) is 6.47. The molecule has 0 atom stereocenters. The Hall–Kier alpha value is -1.64. The first kappa shape index (κ1) is 14.8. The zero-order valence-corrected chi connectivity index (χ0v) is 12.8. The summed E-state index contributed by atoms with van der Waals surface area (Å²) in [7, 11) is 0. The van der Waals surface area contributed by atoms with Gasteiger partial charge in [0.05, 0.1) is 17.6 Å². The summed E-state index contributed by atoms with van der Waals surface area (Å²) in [5.41, 5.74) is 0.719. The minimum absolute atomic E-state index is 0.0934. The molecule has 0 aromatic carbocycles. The summed E-state index contributed by atoms with van der Waals surface area (Å²) in [6.07, 6.45) is 3.73. The Morgan fingerprint density at radius 1 is 1.50 bits per heavy atom. The SMILES string of the molecule is CC(C)(C)NC[CH]COc1nccc2scc(C#N)c12. The summed E-state index contributed by atoms with van der Waals surface area (Å²) in [5, 5.41) is 15.1. The van der Waals surface area contributed by atoms with E-state index < -0.39 is 0 Å². The molecule has 20 heavy (non-hydrogen) atoms. The van der Waals surface area contributed by atoms with Crippen LogP contribution in [-0.2, 0) is 0 Å². The highest BCUT2D eigenvalue weighted by atomic mass is 32.1. The van der Waals surface area contributed by atoms with Crippen LogP contribution in [0.5, 0.6) is 5.88 Å². The molecular weight excluding hydrogens is 270 g/mol. The molecule has 1 radical (unpaired) electrons. The molecule has 0 saturated carbocycles. The number of hydrogen-bond acceptors (Lipinski definition) is 5. The molecule has 4 nitrogen and oxygen atoms in total. The van der Waals surface area contributed by atoms with Gasteiger partial charge < -0.3 is 10.1 Å². The highest BCUT2D eigenvalue weighted by Crippen LogP contribution is 2.31. The molecule has 0 amide bonds. The quantitative estimate of drug-likeness (QED) is 0.859. The van der Waals surface area contributed by atoms with Crippen molar-refractivity contribution >= 4 is 21.4 Å². The zero-order chi connectivity index (χ0) is 14.6. The van der Waals surface area contributed by atoms with E-state index in [0.717, 1.165) is 16.6 Å². The maximum Gasteiger partial charge on any atom is 0.223 e. The topological polar surface area (TPSA) is 57.9 Å². The number of pyridine rings is 1. The lowest BCUT2D eigenvalue weighted by Crippen LogP contribution is -2.37. The van der Waals surface area contributed by atoms with Crippen molar-refractivity contribution < 1.29 is 4.74 Å². The third-order valence-electron chi connectivity index (χ3n) is 2.69. The van der Waals surface area contributed by atoms with Crippen molar-refractivity contribution in [2.75, 3.05) is 13.2 Å². The fourth-order valence-electron chi connectivity index (χ4n) is 1.72. The standard InChI is InChI=1S/C15H18N3OS/c1-15(2,3)18-6-4-8-19-14-13-11(9-16)10-20-12(13)5-7-17-14/h4-5,7,10,18H,6,8H2,1-3H3. The van der Waals surface area contributed by atoms with Crippen LogP contribution in [0.15, 0.2) is 17.6 Å². The predicted octanol–water partition coefficient (Wildman–Crippen LogP) is 3.14. The number of aromatic nitrogens is 1. The van der Waals surface area contributed by atoms with Gasteiger partial charge in [-0.3, -0.25) is 0 Å². The molecule has 0 aliphatic rings. The first-order valence-corrected chi connectivity index (χ1v) is 7.35. The molecule has 2 aromatic heterocycles. The monoisotopic (exact) mass is 288 g/mol. The lowest BCUT2D eigenvalue weighted by molar-refractivity contribution is 0.330. The van der Waals surface area contributed by atoms with E-state index in [1.807, 2.05) is 17.9 Å². The zero-order valence-electron chi connectivity index (χ0n) is 11.9. The Bertz CT molecular complexity index is 622. The van der Waals surface area contributed by atoms with Crippen LogP contribution in [0.25, 0.3) is 10.1 Å². The van der Waals surface area contributed by atoms with Crippen LogP contribution >= 0.6 is 11.3 Å². The minimum atomic E-state index is 0.0934. The fourth-order valence-corrected chi connectivity index (χ4v) is 2.59. The molecule has 2 heterocycles. The van der Waals surface area contributed by atoms with E-state index in [1.54, 1.807) is 6.20 Å². The summed E-state index contributed by atoms with van der Waals surface area (Å²) in [5.74, 6) is 0.535. The van der Waals surface area contributed by atoms with Gasteiger partial charge in [-0.2, -0.15) is 5.26 Å². The van der Waals surface area contributed by atoms with Crippen LogP contribution < -0.4 is 10.1 Å². The molecule has 105 valence electrons. The van der Waals surface area contributed by atoms with Gasteiger partial charge in [-0.25, -0.2) is 4.98 Å². The van der Waals surface area contributed by atoms with Crippen molar-refractivity contribution in [2.24, 2.45) is 0 Å². The van der Waals surface area contributed by atoms with Crippen molar-refractivity contribution in [3.8, 4) is 11.9 Å². The first-order chi connectivity index (χ1) is 9.51. The molecule has 0 saturated heterocycles. The van der Waals surface area contributed by atoms with Gasteiger partial charge in [0.1, 0.15) is 6.07 Å². The maximum absolute atomic E-state index is 9.10. The second-order valence-corrected chi connectivity index (χ2v) is 6.39. The van der Waals surface area contributed by atoms with Crippen LogP contribution in [0.4, 0.5) is 0 Å². The number of nitrogens with zero attached hydrogens (tertiary/aromatic N) is 2. The third-order valence-corrected chi connectivity index (χ3v) is 3.63. The summed E-state index contributed by atoms with van der Waals surface area (Å²) >= 11 is 1.53. The average Bonchev–Trinajstić information content (AvgIpc) is 2.81. The summed E-state index contributed by atoms with van der Waals surface area (Å²) in [6, 6.07) is 4.08. The summed E-state index contributed by atoms with van der Waals surface area (Å²) < 4.78 is 6.71. The Labute approximate surface area is 123 Å². The van der Waals surface area contributed by atoms with Crippen LogP contribution in [0.1, 0.15) is 26.3 Å². The molecule has 0 spiro atoms. The van der Waals surface area contributed by atoms with Crippen LogP contribution in [-0.4, -0.2) is 23.7 Å². The van der Waals surface area contributed by atoms with Gasteiger partial charge in [-0.1, -0.05) is 0 Å². The number of nitriles is 1. The van der Waals surface area contributed by atoms with Crippen molar-refractivity contribution in [3.63, 3.8) is 0 Å². The minimum Gasteiger partial charge on any atom is -0.477 e. The number of hydrogen-bond donors (Lipinski definition) is 1. The number of ether oxygens (including phenoxy) is 1. The smallest absolute Gasteiger partial charge is 0.223 e. The number of nitrogens with one attached hydrogen (secondary N) is 1. The van der Waals surface area contributed by atoms with Crippen LogP contribution in [0.3, 0.4) is 0 Å². The number of fused-ring (bicyclic) bond motifs is 1. The average molecular weight is 288 g/mol. The van der Waals surface area contributed by atoms with Gasteiger partial charge in [-0.15, -0.1) is 11.3 Å². The largest absolute Gasteiger partial charge is 0.477 e. The number of rotatable bonds is 5. The molecule has 2 rings (SSSR count). The summed E-state index contributed by atoms with van der Waals surface area (Å²) in [6.45, 7) is 7.60. The second-order valence-electron chi connectivity index (χ2n) is 5.48. The third kappa shape index (κ3) is 3.69. The molecule has 0 bridgehead atoms. The molecular formula is C15H18N3OS. The molecule has 1 N–H and O–H groups in total. The van der Waals surface area contributed by atoms with Crippen molar-refractivity contribution in [1.29, 1.82) is 5.26 Å². The van der Waals surface area contributed by atoms with E-state index in [4.69, 9.17) is 10.00 Å². The van der Waals surface area contributed by atoms with Crippen molar-refractivity contribution in [1.82, 2.24) is 10.3 Å². The van der Waals surface area contributed by atoms with Crippen molar-refractivity contribution in [2.45, 2.75) is 26.3 Å². The van der Waals surface area contributed by atoms with E-state index in [2.05, 4.69) is 37.1 Å². The van der Waals surface area contributed by atoms with E-state index in [0.29, 0.717) is 18.1 Å². The lowest BCUT2D eigenvalue weighted by atomic mass is 10.1. The Morgan fingerprint density at radius 3 is 3.00 bits per heavy atom. The van der Waals surface area contributed by atoms with E-state index in [9.17, 15) is 0 Å². The Balaban J connectivity index is 1.97. The second kappa shape index (κ2) is 6.21. The van der Waals surface area contributed by atoms with Gasteiger partial charge in [-0.05, 0) is 26.8 Å². The van der Waals surface area contributed by atoms with Crippen LogP contribution in [0, 0.1) is 17.8 Å². The molecule has 0 aliphatic carbocycles. The normalized spacial score (nSPS) is 11.5. The van der Waals surface area contributed by atoms with E-state index >= 15 is 0 Å². The highest BCUT2D eigenvalue weighted by Gasteiger charge is 2.11. The lowest BCUT2D eigenvalue weighted by Gasteiger charge is -2.20.